The maximum Gasteiger partial charge on any atom is 0.167 e. The molecule has 1 N–H and O–H groups in total. The third kappa shape index (κ3) is 4.52. The molecule has 0 bridgehead atoms. The van der Waals surface area contributed by atoms with Crippen LogP contribution >= 0.6 is 0 Å². The first kappa shape index (κ1) is 20.3. The Labute approximate surface area is 167 Å². The lowest BCUT2D eigenvalue weighted by Gasteiger charge is -2.26. The van der Waals surface area contributed by atoms with Gasteiger partial charge in [-0.2, -0.15) is 0 Å². The number of hydrogen-bond acceptors (Lipinski definition) is 2. The summed E-state index contributed by atoms with van der Waals surface area (Å²) in [5.74, 6) is 0.247. The van der Waals surface area contributed by atoms with Crippen LogP contribution in [0, 0.1) is 25.6 Å². The molecule has 148 valence electrons. The highest BCUT2D eigenvalue weighted by Gasteiger charge is 2.30. The molecule has 0 amide bonds. The summed E-state index contributed by atoms with van der Waals surface area (Å²) in [6.45, 7) is 6.16. The molecule has 3 heteroatoms. The number of benzene rings is 2. The lowest BCUT2D eigenvalue weighted by molar-refractivity contribution is -0.115. The number of halogens is 1. The van der Waals surface area contributed by atoms with Crippen molar-refractivity contribution >= 4 is 11.4 Å². The molecule has 28 heavy (non-hydrogen) atoms. The van der Waals surface area contributed by atoms with Crippen molar-refractivity contribution in [1.82, 2.24) is 0 Å². The number of aliphatic hydroxyl groups excluding tert-OH is 1. The zero-order valence-electron chi connectivity index (χ0n) is 17.0. The average molecular weight is 381 g/mol. The highest BCUT2D eigenvalue weighted by Crippen LogP contribution is 2.37. The topological polar surface area (TPSA) is 37.3 Å². The van der Waals surface area contributed by atoms with Crippen LogP contribution in [0.2, 0.25) is 0 Å². The molecule has 0 saturated carbocycles. The normalized spacial score (nSPS) is 17.3. The molecule has 3 rings (SSSR count). The van der Waals surface area contributed by atoms with Crippen LogP contribution in [0.3, 0.4) is 0 Å². The van der Waals surface area contributed by atoms with Gasteiger partial charge in [-0.1, -0.05) is 36.8 Å². The van der Waals surface area contributed by atoms with Gasteiger partial charge in [0.15, 0.2) is 5.78 Å². The maximum atomic E-state index is 13.0. The number of aliphatic hydroxyl groups is 1. The van der Waals surface area contributed by atoms with Crippen LogP contribution < -0.4 is 0 Å². The van der Waals surface area contributed by atoms with Gasteiger partial charge in [-0.3, -0.25) is 4.79 Å². The first-order chi connectivity index (χ1) is 13.4. The van der Waals surface area contributed by atoms with E-state index in [1.54, 1.807) is 0 Å². The van der Waals surface area contributed by atoms with Crippen LogP contribution in [-0.4, -0.2) is 10.9 Å². The summed E-state index contributed by atoms with van der Waals surface area (Å²) in [6, 6.07) is 10.8. The molecular formula is C25H29FO2. The summed E-state index contributed by atoms with van der Waals surface area (Å²) in [7, 11) is 0. The van der Waals surface area contributed by atoms with E-state index in [0.717, 1.165) is 47.9 Å². The summed E-state index contributed by atoms with van der Waals surface area (Å²) < 4.78 is 13.0. The number of carbonyl (C=O) groups is 1. The monoisotopic (exact) mass is 380 g/mol. The van der Waals surface area contributed by atoms with Crippen molar-refractivity contribution < 1.29 is 14.3 Å². The fraction of sp³-hybridized carbons (Fsp3) is 0.400. The summed E-state index contributed by atoms with van der Waals surface area (Å²) in [6.07, 6.45) is 4.55. The summed E-state index contributed by atoms with van der Waals surface area (Å²) >= 11 is 0. The van der Waals surface area contributed by atoms with E-state index in [-0.39, 0.29) is 23.3 Å². The van der Waals surface area contributed by atoms with Crippen LogP contribution in [0.4, 0.5) is 4.39 Å². The minimum absolute atomic E-state index is 0.0529. The second kappa shape index (κ2) is 8.72. The van der Waals surface area contributed by atoms with Crippen LogP contribution in [-0.2, 0) is 17.6 Å². The van der Waals surface area contributed by atoms with Gasteiger partial charge in [-0.25, -0.2) is 4.39 Å². The number of carbonyl (C=O) groups excluding carboxylic acids is 1. The minimum Gasteiger partial charge on any atom is -0.512 e. The van der Waals surface area contributed by atoms with Gasteiger partial charge in [0.2, 0.25) is 0 Å². The number of aryl methyl sites for hydroxylation is 4. The lowest BCUT2D eigenvalue weighted by Crippen LogP contribution is -2.20. The fourth-order valence-corrected chi connectivity index (χ4v) is 4.40. The van der Waals surface area contributed by atoms with Gasteiger partial charge in [0.25, 0.3) is 0 Å². The molecule has 2 aromatic rings. The molecule has 2 aromatic carbocycles. The molecule has 0 spiro atoms. The van der Waals surface area contributed by atoms with E-state index in [2.05, 4.69) is 26.0 Å². The van der Waals surface area contributed by atoms with E-state index >= 15 is 0 Å². The van der Waals surface area contributed by atoms with Gasteiger partial charge < -0.3 is 5.11 Å². The smallest absolute Gasteiger partial charge is 0.167 e. The Kier molecular flexibility index (Phi) is 6.33. The van der Waals surface area contributed by atoms with Gasteiger partial charge in [0.05, 0.1) is 5.57 Å². The van der Waals surface area contributed by atoms with Gasteiger partial charge in [0.1, 0.15) is 11.6 Å². The predicted octanol–water partition coefficient (Wildman–Crippen LogP) is 6.28. The van der Waals surface area contributed by atoms with Crippen molar-refractivity contribution in [2.75, 3.05) is 0 Å². The molecule has 1 atom stereocenters. The van der Waals surface area contributed by atoms with Crippen molar-refractivity contribution in [3.05, 3.63) is 75.8 Å². The standard InChI is InChI=1S/C25H29FO2/c1-4-20-13-16(2)12-17(3)24(20)25-22(27)14-19(15-23(25)28)7-5-6-18-8-10-21(26)11-9-18/h8-13,19,27H,4-7,14-15H2,1-3H3. The molecule has 0 aliphatic heterocycles. The number of ketones is 1. The molecule has 1 aliphatic carbocycles. The summed E-state index contributed by atoms with van der Waals surface area (Å²) in [5, 5.41) is 10.7. The third-order valence-corrected chi connectivity index (χ3v) is 5.71. The van der Waals surface area contributed by atoms with Crippen LogP contribution in [0.15, 0.2) is 42.2 Å². The van der Waals surface area contributed by atoms with Crippen LogP contribution in [0.25, 0.3) is 5.57 Å². The second-order valence-corrected chi connectivity index (χ2v) is 8.01. The minimum atomic E-state index is -0.220. The van der Waals surface area contributed by atoms with Gasteiger partial charge in [0, 0.05) is 12.8 Å². The predicted molar refractivity (Wildman–Crippen MR) is 112 cm³/mol. The zero-order chi connectivity index (χ0) is 20.3. The van der Waals surface area contributed by atoms with E-state index in [9.17, 15) is 14.3 Å². The van der Waals surface area contributed by atoms with Crippen molar-refractivity contribution in [2.24, 2.45) is 5.92 Å². The first-order valence-electron chi connectivity index (χ1n) is 10.2. The number of allylic oxidation sites excluding steroid dienone is 2. The van der Waals surface area contributed by atoms with Crippen molar-refractivity contribution in [3.8, 4) is 0 Å². The molecule has 0 fully saturated rings. The number of rotatable bonds is 6. The average Bonchev–Trinajstić information content (AvgIpc) is 2.64. The number of hydrogen-bond donors (Lipinski definition) is 1. The molecular weight excluding hydrogens is 351 g/mol. The quantitative estimate of drug-likeness (QED) is 0.641. The lowest BCUT2D eigenvalue weighted by atomic mass is 9.79. The third-order valence-electron chi connectivity index (χ3n) is 5.71. The van der Waals surface area contributed by atoms with Crippen LogP contribution in [0.5, 0.6) is 0 Å². The Bertz CT molecular complexity index is 894. The maximum absolute atomic E-state index is 13.0. The van der Waals surface area contributed by atoms with Gasteiger partial charge >= 0.3 is 0 Å². The zero-order valence-corrected chi connectivity index (χ0v) is 17.0. The number of Topliss-reactive ketones (excluding diaryl/α,β-unsaturated/α-hetero) is 1. The summed E-state index contributed by atoms with van der Waals surface area (Å²) in [4.78, 5) is 12.9. The fourth-order valence-electron chi connectivity index (χ4n) is 4.40. The SMILES string of the molecule is CCc1cc(C)cc(C)c1C1=C(O)CC(CCCc2ccc(F)cc2)CC1=O. The molecule has 0 aromatic heterocycles. The Morgan fingerprint density at radius 1 is 1.11 bits per heavy atom. The highest BCUT2D eigenvalue weighted by atomic mass is 19.1. The molecule has 0 heterocycles. The molecule has 0 radical (unpaired) electrons. The van der Waals surface area contributed by atoms with Gasteiger partial charge in [-0.15, -0.1) is 0 Å². The Balaban J connectivity index is 1.72. The largest absolute Gasteiger partial charge is 0.512 e. The molecule has 2 nitrogen and oxygen atoms in total. The Hall–Kier alpha value is -2.42. The molecule has 1 unspecified atom stereocenters. The first-order valence-corrected chi connectivity index (χ1v) is 10.2. The summed E-state index contributed by atoms with van der Waals surface area (Å²) in [5.41, 5.74) is 5.93. The molecule has 0 saturated heterocycles. The van der Waals surface area contributed by atoms with Crippen molar-refractivity contribution in [2.45, 2.75) is 59.3 Å². The van der Waals surface area contributed by atoms with E-state index < -0.39 is 0 Å². The van der Waals surface area contributed by atoms with E-state index in [1.807, 2.05) is 19.1 Å². The highest BCUT2D eigenvalue weighted by molar-refractivity contribution is 6.22. The second-order valence-electron chi connectivity index (χ2n) is 8.01. The Morgan fingerprint density at radius 3 is 2.46 bits per heavy atom. The van der Waals surface area contributed by atoms with E-state index in [4.69, 9.17) is 0 Å². The molecule has 1 aliphatic rings. The van der Waals surface area contributed by atoms with E-state index in [1.165, 1.54) is 17.7 Å². The van der Waals surface area contributed by atoms with Gasteiger partial charge in [-0.05, 0) is 79.8 Å². The van der Waals surface area contributed by atoms with Crippen LogP contribution in [0.1, 0.15) is 60.4 Å². The van der Waals surface area contributed by atoms with Crippen molar-refractivity contribution in [3.63, 3.8) is 0 Å². The van der Waals surface area contributed by atoms with Crippen molar-refractivity contribution in [1.29, 1.82) is 0 Å². The van der Waals surface area contributed by atoms with E-state index in [0.29, 0.717) is 18.4 Å². The Morgan fingerprint density at radius 2 is 1.82 bits per heavy atom.